The van der Waals surface area contributed by atoms with E-state index in [9.17, 15) is 0 Å². The molecule has 4 heteroatoms. The van der Waals surface area contributed by atoms with Crippen molar-refractivity contribution in [3.63, 3.8) is 0 Å². The van der Waals surface area contributed by atoms with Crippen LogP contribution in [0.1, 0.15) is 0 Å². The van der Waals surface area contributed by atoms with Crippen molar-refractivity contribution < 1.29 is 0 Å². The first-order valence-electron chi connectivity index (χ1n) is 17.7. The van der Waals surface area contributed by atoms with Gasteiger partial charge in [-0.25, -0.2) is 9.97 Å². The van der Waals surface area contributed by atoms with E-state index in [2.05, 4.69) is 191 Å². The fraction of sp³-hybridized carbons (Fsp3) is 0. The summed E-state index contributed by atoms with van der Waals surface area (Å²) >= 11 is 0. The number of fused-ring (bicyclic) bond motifs is 20. The van der Waals surface area contributed by atoms with E-state index in [1.54, 1.807) is 0 Å². The molecule has 9 aromatic rings. The minimum absolute atomic E-state index is 0.939. The second-order valence-electron chi connectivity index (χ2n) is 13.4. The molecule has 0 atom stereocenters. The quantitative estimate of drug-likeness (QED) is 0.185. The van der Waals surface area contributed by atoms with Crippen molar-refractivity contribution in [3.05, 3.63) is 182 Å². The molecule has 3 aromatic heterocycles. The Morgan fingerprint density at radius 2 is 0.519 bits per heavy atom. The molecule has 0 fully saturated rings. The molecule has 0 N–H and O–H groups in total. The van der Waals surface area contributed by atoms with Crippen LogP contribution in [0.15, 0.2) is 182 Å². The van der Waals surface area contributed by atoms with Gasteiger partial charge in [0.2, 0.25) is 0 Å². The van der Waals surface area contributed by atoms with Gasteiger partial charge >= 0.3 is 0 Å². The Kier molecular flexibility index (Phi) is 6.22. The highest BCUT2D eigenvalue weighted by atomic mass is 15.0. The highest BCUT2D eigenvalue weighted by Crippen LogP contribution is 2.42. The summed E-state index contributed by atoms with van der Waals surface area (Å²) in [7, 11) is 0. The molecule has 6 aromatic carbocycles. The highest BCUT2D eigenvalue weighted by molar-refractivity contribution is 6.12. The molecule has 242 valence electrons. The number of hydrogen-bond donors (Lipinski definition) is 0. The lowest BCUT2D eigenvalue weighted by molar-refractivity contribution is 1.18. The number of benzene rings is 6. The fourth-order valence-electron chi connectivity index (χ4n) is 8.20. The van der Waals surface area contributed by atoms with E-state index < -0.39 is 0 Å². The Balaban J connectivity index is 1.42. The molecule has 0 amide bonds. The predicted octanol–water partition coefficient (Wildman–Crippen LogP) is 12.2. The van der Waals surface area contributed by atoms with Crippen molar-refractivity contribution in [3.8, 4) is 56.4 Å². The van der Waals surface area contributed by atoms with Crippen molar-refractivity contribution in [2.45, 2.75) is 0 Å². The largest absolute Gasteiger partial charge is 0.309 e. The van der Waals surface area contributed by atoms with Gasteiger partial charge < -0.3 is 9.13 Å². The smallest absolute Gasteiger partial charge is 0.0737 e. The summed E-state index contributed by atoms with van der Waals surface area (Å²) in [5.74, 6) is 0. The van der Waals surface area contributed by atoms with Crippen LogP contribution in [-0.2, 0) is 0 Å². The summed E-state index contributed by atoms with van der Waals surface area (Å²) in [5, 5.41) is 4.65. The van der Waals surface area contributed by atoms with E-state index in [1.807, 2.05) is 0 Å². The molecule has 0 aliphatic carbocycles. The number of nitrogens with zero attached hydrogens (tertiary/aromatic N) is 4. The van der Waals surface area contributed by atoms with Gasteiger partial charge in [0.05, 0.1) is 44.8 Å². The van der Waals surface area contributed by atoms with E-state index in [0.717, 1.165) is 100 Å². The van der Waals surface area contributed by atoms with Crippen LogP contribution < -0.4 is 0 Å². The number of para-hydroxylation sites is 2. The Hall–Kier alpha value is -7.04. The predicted molar refractivity (Wildman–Crippen MR) is 215 cm³/mol. The summed E-state index contributed by atoms with van der Waals surface area (Å²) in [6.07, 6.45) is 0. The van der Waals surface area contributed by atoms with Crippen LogP contribution in [0.5, 0.6) is 0 Å². The first-order chi connectivity index (χ1) is 25.8. The number of rotatable bonds is 2. The van der Waals surface area contributed by atoms with Crippen LogP contribution in [0.2, 0.25) is 0 Å². The zero-order chi connectivity index (χ0) is 34.2. The third-order valence-corrected chi connectivity index (χ3v) is 10.5. The highest BCUT2D eigenvalue weighted by Gasteiger charge is 2.22. The summed E-state index contributed by atoms with van der Waals surface area (Å²) < 4.78 is 4.74. The topological polar surface area (TPSA) is 35.6 Å². The van der Waals surface area contributed by atoms with Crippen molar-refractivity contribution in [2.24, 2.45) is 0 Å². The van der Waals surface area contributed by atoms with Gasteiger partial charge in [-0.15, -0.1) is 0 Å². The van der Waals surface area contributed by atoms with Gasteiger partial charge in [0.15, 0.2) is 0 Å². The molecule has 0 saturated heterocycles. The van der Waals surface area contributed by atoms with Crippen LogP contribution in [0, 0.1) is 0 Å². The Labute approximate surface area is 300 Å². The van der Waals surface area contributed by atoms with Crippen molar-refractivity contribution in [1.29, 1.82) is 0 Å². The SMILES string of the molecule is c1ccc(-n2c3cc4nc(cc5c6ccccc6c(cc6nc(cc2c2ccccc23)-c2ccccc2-6)n5-c2ccccc2)-c2ccccc2-4)cc1. The molecule has 4 nitrogen and oxygen atoms in total. The van der Waals surface area contributed by atoms with Crippen molar-refractivity contribution >= 4 is 43.6 Å². The van der Waals surface area contributed by atoms with Crippen LogP contribution in [0.25, 0.3) is 100 Å². The third kappa shape index (κ3) is 4.28. The summed E-state index contributed by atoms with van der Waals surface area (Å²) in [6, 6.07) is 65.0. The minimum Gasteiger partial charge on any atom is -0.309 e. The zero-order valence-corrected chi connectivity index (χ0v) is 28.1. The molecular formula is C48H30N4. The van der Waals surface area contributed by atoms with E-state index >= 15 is 0 Å². The lowest BCUT2D eigenvalue weighted by Gasteiger charge is -2.07. The molecule has 11 rings (SSSR count). The van der Waals surface area contributed by atoms with E-state index in [-0.39, 0.29) is 0 Å². The summed E-state index contributed by atoms with van der Waals surface area (Å²) in [5.41, 5.74) is 14.7. The fourth-order valence-corrected chi connectivity index (χ4v) is 8.20. The second kappa shape index (κ2) is 11.2. The van der Waals surface area contributed by atoms with Crippen molar-refractivity contribution in [1.82, 2.24) is 19.1 Å². The molecule has 5 heterocycles. The van der Waals surface area contributed by atoms with E-state index in [1.165, 1.54) is 0 Å². The van der Waals surface area contributed by atoms with Crippen LogP contribution in [-0.4, -0.2) is 19.1 Å². The van der Waals surface area contributed by atoms with Crippen LogP contribution >= 0.6 is 0 Å². The molecule has 8 bridgehead atoms. The lowest BCUT2D eigenvalue weighted by Crippen LogP contribution is -1.93. The van der Waals surface area contributed by atoms with Gasteiger partial charge in [-0.3, -0.25) is 0 Å². The molecule has 52 heavy (non-hydrogen) atoms. The maximum absolute atomic E-state index is 5.45. The van der Waals surface area contributed by atoms with Gasteiger partial charge in [-0.05, 0) is 48.5 Å². The Morgan fingerprint density at radius 1 is 0.269 bits per heavy atom. The average molecular weight is 663 g/mol. The Morgan fingerprint density at radius 3 is 0.808 bits per heavy atom. The standard InChI is InChI=1S/C48H30N4/c1-3-15-31(16-4-1)51-45-27-41-33-19-7-9-21-35(33)43(49-41)29-47-39-25-13-14-26-40(39)48(52(47)32-17-5-2-6-18-32)30-44-36-22-10-8-20-34(36)42(50-44)28-46(51)38-24-12-11-23-37(38)45/h1-30H. The van der Waals surface area contributed by atoms with E-state index in [4.69, 9.17) is 9.97 Å². The molecular weight excluding hydrogens is 633 g/mol. The van der Waals surface area contributed by atoms with Gasteiger partial charge in [0.1, 0.15) is 0 Å². The maximum Gasteiger partial charge on any atom is 0.0737 e. The zero-order valence-electron chi connectivity index (χ0n) is 28.1. The average Bonchev–Trinajstić information content (AvgIpc) is 3.92. The first-order valence-corrected chi connectivity index (χ1v) is 17.7. The van der Waals surface area contributed by atoms with Gasteiger partial charge in [0, 0.05) is 55.2 Å². The van der Waals surface area contributed by atoms with Gasteiger partial charge in [0.25, 0.3) is 0 Å². The maximum atomic E-state index is 5.45. The van der Waals surface area contributed by atoms with Crippen molar-refractivity contribution in [2.75, 3.05) is 0 Å². The van der Waals surface area contributed by atoms with Crippen LogP contribution in [0.4, 0.5) is 0 Å². The second-order valence-corrected chi connectivity index (χ2v) is 13.4. The van der Waals surface area contributed by atoms with Gasteiger partial charge in [-0.2, -0.15) is 0 Å². The molecule has 2 aliphatic rings. The minimum atomic E-state index is 0.939. The molecule has 2 aliphatic heterocycles. The lowest BCUT2D eigenvalue weighted by atomic mass is 10.0. The molecule has 0 radical (unpaired) electrons. The normalized spacial score (nSPS) is 11.8. The Bertz CT molecular complexity index is 2690. The first kappa shape index (κ1) is 28.8. The molecule has 0 spiro atoms. The summed E-state index contributed by atoms with van der Waals surface area (Å²) in [4.78, 5) is 10.9. The number of hydrogen-bond acceptors (Lipinski definition) is 2. The third-order valence-electron chi connectivity index (χ3n) is 10.5. The molecule has 0 saturated carbocycles. The summed E-state index contributed by atoms with van der Waals surface area (Å²) in [6.45, 7) is 0. The van der Waals surface area contributed by atoms with E-state index in [0.29, 0.717) is 0 Å². The van der Waals surface area contributed by atoms with Crippen LogP contribution in [0.3, 0.4) is 0 Å². The monoisotopic (exact) mass is 662 g/mol. The number of aromatic nitrogens is 4. The molecule has 0 unspecified atom stereocenters. The van der Waals surface area contributed by atoms with Gasteiger partial charge in [-0.1, -0.05) is 133 Å².